The number of amides is 1. The van der Waals surface area contributed by atoms with Crippen LogP contribution in [0.25, 0.3) is 0 Å². The largest absolute Gasteiger partial charge is 0.496 e. The van der Waals surface area contributed by atoms with Gasteiger partial charge in [0, 0.05) is 29.3 Å². The van der Waals surface area contributed by atoms with Crippen molar-refractivity contribution in [2.24, 2.45) is 0 Å². The van der Waals surface area contributed by atoms with Crippen molar-refractivity contribution in [3.63, 3.8) is 0 Å². The molecule has 0 radical (unpaired) electrons. The number of carbonyl (C=O) groups is 1. The Morgan fingerprint density at radius 1 is 1.29 bits per heavy atom. The Kier molecular flexibility index (Phi) is 5.11. The predicted molar refractivity (Wildman–Crippen MR) is 80.2 cm³/mol. The second-order valence-electron chi connectivity index (χ2n) is 5.03. The van der Waals surface area contributed by atoms with Crippen LogP contribution in [0.4, 0.5) is 0 Å². The molecular formula is C14H18ClNO4S. The SMILES string of the molecule is COc1ccc(S(=O)(=O)Cl)cc1CC(=O)N1CCCCC1. The van der Waals surface area contributed by atoms with Crippen molar-refractivity contribution in [2.45, 2.75) is 30.6 Å². The number of hydrogen-bond acceptors (Lipinski definition) is 4. The van der Waals surface area contributed by atoms with Crippen molar-refractivity contribution < 1.29 is 17.9 Å². The number of methoxy groups -OCH3 is 1. The van der Waals surface area contributed by atoms with Crippen LogP contribution in [-0.4, -0.2) is 39.4 Å². The molecule has 7 heteroatoms. The molecular weight excluding hydrogens is 314 g/mol. The van der Waals surface area contributed by atoms with E-state index in [1.807, 2.05) is 4.90 Å². The standard InChI is InChI=1S/C14H18ClNO4S/c1-20-13-6-5-12(21(15,18)19)9-11(13)10-14(17)16-7-3-2-4-8-16/h5-6,9H,2-4,7-8,10H2,1H3. The quantitative estimate of drug-likeness (QED) is 0.793. The van der Waals surface area contributed by atoms with Crippen molar-refractivity contribution in [1.82, 2.24) is 4.90 Å². The Hall–Kier alpha value is -1.27. The summed E-state index contributed by atoms with van der Waals surface area (Å²) in [6.45, 7) is 1.52. The zero-order valence-electron chi connectivity index (χ0n) is 11.8. The number of nitrogens with zero attached hydrogens (tertiary/aromatic N) is 1. The van der Waals surface area contributed by atoms with Gasteiger partial charge in [0.15, 0.2) is 0 Å². The number of hydrogen-bond donors (Lipinski definition) is 0. The molecule has 5 nitrogen and oxygen atoms in total. The molecule has 1 amide bonds. The van der Waals surface area contributed by atoms with Crippen LogP contribution in [0.1, 0.15) is 24.8 Å². The fourth-order valence-corrected chi connectivity index (χ4v) is 3.26. The molecule has 1 saturated heterocycles. The van der Waals surface area contributed by atoms with Crippen LogP contribution in [-0.2, 0) is 20.3 Å². The topological polar surface area (TPSA) is 63.7 Å². The van der Waals surface area contributed by atoms with E-state index < -0.39 is 9.05 Å². The smallest absolute Gasteiger partial charge is 0.261 e. The first-order valence-corrected chi connectivity index (χ1v) is 9.12. The van der Waals surface area contributed by atoms with Gasteiger partial charge >= 0.3 is 0 Å². The lowest BCUT2D eigenvalue weighted by Gasteiger charge is -2.27. The molecule has 0 atom stereocenters. The van der Waals surface area contributed by atoms with Gasteiger partial charge in [-0.1, -0.05) is 0 Å². The summed E-state index contributed by atoms with van der Waals surface area (Å²) in [6.07, 6.45) is 3.29. The van der Waals surface area contributed by atoms with E-state index in [0.717, 1.165) is 32.4 Å². The van der Waals surface area contributed by atoms with Gasteiger partial charge in [-0.2, -0.15) is 0 Å². The van der Waals surface area contributed by atoms with Crippen LogP contribution >= 0.6 is 10.7 Å². The number of likely N-dealkylation sites (tertiary alicyclic amines) is 1. The molecule has 2 rings (SSSR count). The van der Waals surface area contributed by atoms with Gasteiger partial charge in [0.05, 0.1) is 18.4 Å². The van der Waals surface area contributed by atoms with Gasteiger partial charge in [-0.3, -0.25) is 4.79 Å². The van der Waals surface area contributed by atoms with E-state index >= 15 is 0 Å². The molecule has 0 aliphatic carbocycles. The average molecular weight is 332 g/mol. The van der Waals surface area contributed by atoms with Crippen LogP contribution in [0.3, 0.4) is 0 Å². The summed E-state index contributed by atoms with van der Waals surface area (Å²) in [7, 11) is 3.01. The van der Waals surface area contributed by atoms with E-state index in [9.17, 15) is 13.2 Å². The van der Waals surface area contributed by atoms with Crippen LogP contribution in [0.15, 0.2) is 23.1 Å². The van der Waals surface area contributed by atoms with Crippen LogP contribution in [0.2, 0.25) is 0 Å². The third kappa shape index (κ3) is 4.11. The van der Waals surface area contributed by atoms with E-state index in [0.29, 0.717) is 11.3 Å². The number of halogens is 1. The first-order chi connectivity index (χ1) is 9.91. The zero-order chi connectivity index (χ0) is 15.5. The molecule has 1 heterocycles. The maximum atomic E-state index is 12.3. The molecule has 0 N–H and O–H groups in total. The summed E-state index contributed by atoms with van der Waals surface area (Å²) >= 11 is 0. The first-order valence-electron chi connectivity index (χ1n) is 6.81. The van der Waals surface area contributed by atoms with Gasteiger partial charge in [0.2, 0.25) is 5.91 Å². The van der Waals surface area contributed by atoms with Crippen LogP contribution in [0, 0.1) is 0 Å². The van der Waals surface area contributed by atoms with E-state index in [1.54, 1.807) is 0 Å². The monoisotopic (exact) mass is 331 g/mol. The van der Waals surface area contributed by atoms with E-state index in [1.165, 1.54) is 25.3 Å². The van der Waals surface area contributed by atoms with E-state index in [4.69, 9.17) is 15.4 Å². The summed E-state index contributed by atoms with van der Waals surface area (Å²) in [5, 5.41) is 0. The lowest BCUT2D eigenvalue weighted by atomic mass is 10.1. The summed E-state index contributed by atoms with van der Waals surface area (Å²) in [6, 6.07) is 4.30. The summed E-state index contributed by atoms with van der Waals surface area (Å²) in [5.41, 5.74) is 0.537. The highest BCUT2D eigenvalue weighted by Crippen LogP contribution is 2.25. The van der Waals surface area contributed by atoms with Gasteiger partial charge in [-0.05, 0) is 37.5 Å². The highest BCUT2D eigenvalue weighted by atomic mass is 35.7. The third-order valence-electron chi connectivity index (χ3n) is 3.58. The minimum atomic E-state index is -3.82. The molecule has 0 spiro atoms. The molecule has 1 fully saturated rings. The summed E-state index contributed by atoms with van der Waals surface area (Å²) < 4.78 is 28.0. The molecule has 1 aromatic rings. The predicted octanol–water partition coefficient (Wildman–Crippen LogP) is 2.18. The molecule has 1 aliphatic heterocycles. The molecule has 0 unspecified atom stereocenters. The van der Waals surface area contributed by atoms with Crippen molar-refractivity contribution in [1.29, 1.82) is 0 Å². The molecule has 0 saturated carbocycles. The van der Waals surface area contributed by atoms with Gasteiger partial charge in [0.1, 0.15) is 5.75 Å². The number of benzene rings is 1. The van der Waals surface area contributed by atoms with Crippen molar-refractivity contribution in [2.75, 3.05) is 20.2 Å². The van der Waals surface area contributed by atoms with Gasteiger partial charge in [-0.15, -0.1) is 0 Å². The number of piperidine rings is 1. The highest BCUT2D eigenvalue weighted by molar-refractivity contribution is 8.13. The number of rotatable bonds is 4. The maximum Gasteiger partial charge on any atom is 0.261 e. The second kappa shape index (κ2) is 6.66. The zero-order valence-corrected chi connectivity index (χ0v) is 13.4. The summed E-state index contributed by atoms with van der Waals surface area (Å²) in [4.78, 5) is 14.1. The first kappa shape index (κ1) is 16.1. The highest BCUT2D eigenvalue weighted by Gasteiger charge is 2.20. The minimum Gasteiger partial charge on any atom is -0.496 e. The van der Waals surface area contributed by atoms with Crippen molar-refractivity contribution in [3.05, 3.63) is 23.8 Å². The molecule has 1 aromatic carbocycles. The fraction of sp³-hybridized carbons (Fsp3) is 0.500. The fourth-order valence-electron chi connectivity index (χ4n) is 2.46. The molecule has 0 aromatic heterocycles. The van der Waals surface area contributed by atoms with Crippen molar-refractivity contribution in [3.8, 4) is 5.75 Å². The Balaban J connectivity index is 2.22. The van der Waals surface area contributed by atoms with Crippen LogP contribution in [0.5, 0.6) is 5.75 Å². The number of carbonyl (C=O) groups excluding carboxylic acids is 1. The minimum absolute atomic E-state index is 0.0166. The second-order valence-corrected chi connectivity index (χ2v) is 7.60. The lowest BCUT2D eigenvalue weighted by Crippen LogP contribution is -2.36. The maximum absolute atomic E-state index is 12.3. The van der Waals surface area contributed by atoms with Crippen molar-refractivity contribution >= 4 is 25.6 Å². The Morgan fingerprint density at radius 3 is 2.52 bits per heavy atom. The van der Waals surface area contributed by atoms with Gasteiger partial charge < -0.3 is 9.64 Å². The molecule has 21 heavy (non-hydrogen) atoms. The molecule has 1 aliphatic rings. The lowest BCUT2D eigenvalue weighted by molar-refractivity contribution is -0.131. The molecule has 0 bridgehead atoms. The number of ether oxygens (including phenoxy) is 1. The average Bonchev–Trinajstić information content (AvgIpc) is 2.47. The van der Waals surface area contributed by atoms with E-state index in [-0.39, 0.29) is 17.2 Å². The van der Waals surface area contributed by atoms with Gasteiger partial charge in [-0.25, -0.2) is 8.42 Å². The van der Waals surface area contributed by atoms with Crippen LogP contribution < -0.4 is 4.74 Å². The van der Waals surface area contributed by atoms with Gasteiger partial charge in [0.25, 0.3) is 9.05 Å². The Bertz CT molecular complexity index is 624. The Morgan fingerprint density at radius 2 is 1.95 bits per heavy atom. The van der Waals surface area contributed by atoms with E-state index in [2.05, 4.69) is 0 Å². The third-order valence-corrected chi connectivity index (χ3v) is 4.94. The molecule has 116 valence electrons. The summed E-state index contributed by atoms with van der Waals surface area (Å²) in [5.74, 6) is 0.474. The Labute approximate surface area is 129 Å². The normalized spacial score (nSPS) is 15.8.